The minimum Gasteiger partial charge on any atom is -0.196 e. The maximum absolute atomic E-state index is 9.40. The van der Waals surface area contributed by atoms with E-state index in [4.69, 9.17) is 5.26 Å². The van der Waals surface area contributed by atoms with Gasteiger partial charge in [-0.1, -0.05) is 0 Å². The topological polar surface area (TPSA) is 57.9 Å². The van der Waals surface area contributed by atoms with Crippen LogP contribution in [0.25, 0.3) is 0 Å². The number of hydrogen-bond donors (Lipinski definition) is 0. The summed E-state index contributed by atoms with van der Waals surface area (Å²) >= 11 is 0. The number of halogens is 1. The molecule has 0 fully saturated rings. The van der Waals surface area contributed by atoms with E-state index in [-0.39, 0.29) is 0 Å². The Morgan fingerprint density at radius 2 is 1.83 bits per heavy atom. The first-order valence-electron chi connectivity index (χ1n) is 0.915. The van der Waals surface area contributed by atoms with Gasteiger partial charge in [0, 0.05) is 10.7 Å². The molecular weight excluding hydrogens is 126 g/mol. The van der Waals surface area contributed by atoms with Gasteiger partial charge in [-0.05, 0) is 0 Å². The van der Waals surface area contributed by atoms with Crippen LogP contribution in [0.3, 0.4) is 0 Å². The van der Waals surface area contributed by atoms with E-state index in [1.807, 2.05) is 0 Å². The average molecular weight is 126 g/mol. The summed E-state index contributed by atoms with van der Waals surface area (Å²) in [6, 6.07) is 0. The molecule has 0 aliphatic rings. The molecule has 0 heterocycles. The summed E-state index contributed by atoms with van der Waals surface area (Å²) in [5, 5.41) is 8.27. The second-order valence-electron chi connectivity index (χ2n) is 0.529. The van der Waals surface area contributed by atoms with Gasteiger partial charge in [-0.25, -0.2) is 0 Å². The van der Waals surface area contributed by atoms with Crippen LogP contribution in [0, 0.1) is 10.7 Å². The van der Waals surface area contributed by atoms with Gasteiger partial charge in [0.2, 0.25) is 5.40 Å². The van der Waals surface area contributed by atoms with E-state index in [2.05, 4.69) is 10.7 Å². The molecule has 3 nitrogen and oxygen atoms in total. The second kappa shape index (κ2) is 1.45. The molecule has 0 radical (unpaired) electrons. The zero-order chi connectivity index (χ0) is 5.21. The van der Waals surface area contributed by atoms with E-state index >= 15 is 0 Å². The van der Waals surface area contributed by atoms with Crippen molar-refractivity contribution in [1.29, 1.82) is 5.26 Å². The first-order valence-corrected chi connectivity index (χ1v) is 3.22. The fraction of sp³-hybridized carbons (Fsp3) is 0. The minimum absolute atomic E-state index is 0.842. The molecule has 0 spiro atoms. The Labute approximate surface area is 39.6 Å². The summed E-state index contributed by atoms with van der Waals surface area (Å²) in [4.78, 5) is 0. The van der Waals surface area contributed by atoms with Crippen molar-refractivity contribution in [3.63, 3.8) is 0 Å². The molecule has 0 aliphatic heterocycles. The standard InChI is InChI=1S/CClNO2S/c2-6(4,5)1-3. The molecule has 0 rings (SSSR count). The minimum atomic E-state index is -3.88. The van der Waals surface area contributed by atoms with Crippen LogP contribution in [0.1, 0.15) is 0 Å². The van der Waals surface area contributed by atoms with Crippen molar-refractivity contribution in [2.75, 3.05) is 0 Å². The molecule has 0 bridgehead atoms. The molecule has 0 N–H and O–H groups in total. The van der Waals surface area contributed by atoms with Crippen molar-refractivity contribution >= 4 is 19.7 Å². The Morgan fingerprint density at radius 1 is 1.67 bits per heavy atom. The van der Waals surface area contributed by atoms with Gasteiger partial charge in [-0.15, -0.1) is 0 Å². The first kappa shape index (κ1) is 5.73. The molecule has 0 unspecified atom stereocenters. The summed E-state index contributed by atoms with van der Waals surface area (Å²) in [6.45, 7) is 0. The maximum Gasteiger partial charge on any atom is 0.325 e. The molecule has 0 aromatic rings. The third-order valence-electron chi connectivity index (χ3n) is 0.109. The van der Waals surface area contributed by atoms with Crippen molar-refractivity contribution in [2.45, 2.75) is 0 Å². The predicted molar refractivity (Wildman–Crippen MR) is 20.4 cm³/mol. The third-order valence-corrected chi connectivity index (χ3v) is 0.534. The Kier molecular flexibility index (Phi) is 1.39. The van der Waals surface area contributed by atoms with Crippen LogP contribution in [0.2, 0.25) is 0 Å². The van der Waals surface area contributed by atoms with E-state index in [9.17, 15) is 8.42 Å². The molecule has 0 aliphatic carbocycles. The van der Waals surface area contributed by atoms with Crippen LogP contribution in [-0.4, -0.2) is 8.42 Å². The smallest absolute Gasteiger partial charge is 0.196 e. The molecule has 6 heavy (non-hydrogen) atoms. The number of thiocyanates is 1. The Hall–Kier alpha value is -0.270. The van der Waals surface area contributed by atoms with Gasteiger partial charge in [-0.3, -0.25) is 0 Å². The third kappa shape index (κ3) is 3.73. The lowest BCUT2D eigenvalue weighted by Crippen LogP contribution is -1.75. The predicted octanol–water partition coefficient (Wildman–Crippen LogP) is 0.0361. The van der Waals surface area contributed by atoms with Gasteiger partial charge in [0.05, 0.1) is 0 Å². The normalized spacial score (nSPS) is 10.0. The van der Waals surface area contributed by atoms with Gasteiger partial charge in [0.1, 0.15) is 0 Å². The highest BCUT2D eigenvalue weighted by molar-refractivity contribution is 8.17. The average Bonchev–Trinajstić information content (AvgIpc) is 1.35. The summed E-state index contributed by atoms with van der Waals surface area (Å²) in [7, 11) is 0.444. The summed E-state index contributed by atoms with van der Waals surface area (Å²) in [6.07, 6.45) is 0. The molecule has 34 valence electrons. The van der Waals surface area contributed by atoms with Crippen molar-refractivity contribution in [3.8, 4) is 5.40 Å². The van der Waals surface area contributed by atoms with Crippen LogP contribution in [0.15, 0.2) is 0 Å². The van der Waals surface area contributed by atoms with Gasteiger partial charge in [0.15, 0.2) is 0 Å². The lowest BCUT2D eigenvalue weighted by molar-refractivity contribution is 0.618. The molecule has 0 aromatic heterocycles. The monoisotopic (exact) mass is 125 g/mol. The quantitative estimate of drug-likeness (QED) is 0.261. The lowest BCUT2D eigenvalue weighted by Gasteiger charge is -1.61. The lowest BCUT2D eigenvalue weighted by atomic mass is 11.8. The highest BCUT2D eigenvalue weighted by atomic mass is 35.7. The van der Waals surface area contributed by atoms with Crippen molar-refractivity contribution in [1.82, 2.24) is 0 Å². The summed E-state index contributed by atoms with van der Waals surface area (Å²) in [5.74, 6) is 0. The number of rotatable bonds is 0. The van der Waals surface area contributed by atoms with Gasteiger partial charge in [0.25, 0.3) is 0 Å². The van der Waals surface area contributed by atoms with E-state index in [1.165, 1.54) is 0 Å². The Bertz CT molecular complexity index is 162. The summed E-state index contributed by atoms with van der Waals surface area (Å²) in [5.41, 5.74) is 0. The number of nitriles is 1. The zero-order valence-electron chi connectivity index (χ0n) is 2.55. The van der Waals surface area contributed by atoms with E-state index in [0.717, 1.165) is 5.40 Å². The molecular formula is CClNO2S. The molecule has 0 amide bonds. The first-order chi connectivity index (χ1) is 2.56. The van der Waals surface area contributed by atoms with E-state index in [0.29, 0.717) is 0 Å². The van der Waals surface area contributed by atoms with Crippen LogP contribution >= 0.6 is 10.7 Å². The maximum atomic E-state index is 9.40. The van der Waals surface area contributed by atoms with Crippen molar-refractivity contribution < 1.29 is 8.42 Å². The Morgan fingerprint density at radius 3 is 1.83 bits per heavy atom. The fourth-order valence-corrected chi connectivity index (χ4v) is 0. The van der Waals surface area contributed by atoms with Gasteiger partial charge < -0.3 is 0 Å². The SMILES string of the molecule is N#CS(=O)(=O)Cl. The number of hydrogen-bond acceptors (Lipinski definition) is 3. The van der Waals surface area contributed by atoms with Crippen molar-refractivity contribution in [3.05, 3.63) is 0 Å². The zero-order valence-corrected chi connectivity index (χ0v) is 4.12. The second-order valence-corrected chi connectivity index (χ2v) is 2.81. The van der Waals surface area contributed by atoms with Crippen LogP contribution in [-0.2, 0) is 9.05 Å². The van der Waals surface area contributed by atoms with E-state index in [1.54, 1.807) is 0 Å². The summed E-state index contributed by atoms with van der Waals surface area (Å²) < 4.78 is 18.8. The van der Waals surface area contributed by atoms with Crippen LogP contribution in [0.5, 0.6) is 0 Å². The van der Waals surface area contributed by atoms with Crippen LogP contribution in [0.4, 0.5) is 0 Å². The van der Waals surface area contributed by atoms with Crippen molar-refractivity contribution in [2.24, 2.45) is 0 Å². The van der Waals surface area contributed by atoms with E-state index < -0.39 is 9.05 Å². The highest BCUT2D eigenvalue weighted by Crippen LogP contribution is 1.88. The molecule has 5 heteroatoms. The van der Waals surface area contributed by atoms with Gasteiger partial charge in [-0.2, -0.15) is 13.7 Å². The Balaban J connectivity index is 4.41. The number of nitrogens with zero attached hydrogens (tertiary/aromatic N) is 1. The molecule has 0 saturated heterocycles. The fourth-order valence-electron chi connectivity index (χ4n) is 0. The largest absolute Gasteiger partial charge is 0.325 e. The molecule has 0 aromatic carbocycles. The molecule has 0 saturated carbocycles. The molecule has 0 atom stereocenters. The highest BCUT2D eigenvalue weighted by Gasteiger charge is 1.95. The van der Waals surface area contributed by atoms with Gasteiger partial charge >= 0.3 is 9.05 Å². The van der Waals surface area contributed by atoms with Crippen LogP contribution < -0.4 is 0 Å².